The Morgan fingerprint density at radius 2 is 2.26 bits per heavy atom. The lowest BCUT2D eigenvalue weighted by atomic mass is 10.0. The van der Waals surface area contributed by atoms with Gasteiger partial charge in [0.15, 0.2) is 11.5 Å². The predicted octanol–water partition coefficient (Wildman–Crippen LogP) is 0.978. The van der Waals surface area contributed by atoms with E-state index in [1.807, 2.05) is 12.1 Å². The van der Waals surface area contributed by atoms with Crippen molar-refractivity contribution in [3.63, 3.8) is 0 Å². The van der Waals surface area contributed by atoms with Crippen molar-refractivity contribution in [2.45, 2.75) is 19.4 Å². The predicted molar refractivity (Wildman–Crippen MR) is 68.6 cm³/mol. The Balaban J connectivity index is 2.17. The second kappa shape index (κ2) is 6.12. The lowest BCUT2D eigenvalue weighted by molar-refractivity contribution is -0.116. The maximum Gasteiger partial charge on any atom is 0.296 e. The largest absolute Gasteiger partial charge is 0.454 e. The first-order valence-corrected chi connectivity index (χ1v) is 5.98. The smallest absolute Gasteiger partial charge is 0.296 e. The Bertz CT molecular complexity index is 530. The summed E-state index contributed by atoms with van der Waals surface area (Å²) in [5.41, 5.74) is 0.851. The fourth-order valence-corrected chi connectivity index (χ4v) is 1.89. The number of carbonyl (C=O) groups excluding carboxylic acids is 1. The van der Waals surface area contributed by atoms with E-state index in [2.05, 4.69) is 17.2 Å². The van der Waals surface area contributed by atoms with Gasteiger partial charge in [0, 0.05) is 6.61 Å². The molecule has 0 saturated heterocycles. The molecule has 5 nitrogen and oxygen atoms in total. The van der Waals surface area contributed by atoms with E-state index in [1.54, 1.807) is 13.0 Å². The van der Waals surface area contributed by atoms with E-state index < -0.39 is 0 Å². The molecule has 2 rings (SSSR count). The summed E-state index contributed by atoms with van der Waals surface area (Å²) in [6, 6.07) is 5.14. The number of hydrogen-bond donors (Lipinski definition) is 2. The summed E-state index contributed by atoms with van der Waals surface area (Å²) in [4.78, 5) is 11.5. The number of benzene rings is 1. The lowest BCUT2D eigenvalue weighted by Gasteiger charge is -2.17. The van der Waals surface area contributed by atoms with Gasteiger partial charge in [-0.15, -0.1) is 0 Å². The van der Waals surface area contributed by atoms with Crippen LogP contribution in [-0.4, -0.2) is 24.4 Å². The first-order chi connectivity index (χ1) is 9.24. The van der Waals surface area contributed by atoms with E-state index in [9.17, 15) is 4.79 Å². The highest BCUT2D eigenvalue weighted by Crippen LogP contribution is 2.34. The van der Waals surface area contributed by atoms with Crippen LogP contribution in [0.2, 0.25) is 0 Å². The van der Waals surface area contributed by atoms with Gasteiger partial charge in [0.05, 0.1) is 6.04 Å². The number of nitrogens with one attached hydrogen (secondary N) is 1. The molecule has 1 aliphatic rings. The third-order valence-corrected chi connectivity index (χ3v) is 2.76. The molecule has 0 bridgehead atoms. The van der Waals surface area contributed by atoms with E-state index in [-0.39, 0.29) is 25.3 Å². The van der Waals surface area contributed by atoms with Gasteiger partial charge in [-0.3, -0.25) is 4.79 Å². The molecule has 1 amide bonds. The van der Waals surface area contributed by atoms with Crippen molar-refractivity contribution in [3.8, 4) is 23.3 Å². The van der Waals surface area contributed by atoms with Crippen LogP contribution in [0.25, 0.3) is 0 Å². The summed E-state index contributed by atoms with van der Waals surface area (Å²) in [7, 11) is 0. The third-order valence-electron chi connectivity index (χ3n) is 2.76. The minimum absolute atomic E-state index is 0.0288. The zero-order valence-electron chi connectivity index (χ0n) is 10.6. The third kappa shape index (κ3) is 3.18. The molecular weight excluding hydrogens is 246 g/mol. The molecule has 5 heteroatoms. The number of rotatable bonds is 4. The van der Waals surface area contributed by atoms with Crippen molar-refractivity contribution in [2.75, 3.05) is 13.4 Å². The van der Waals surface area contributed by atoms with Crippen molar-refractivity contribution in [1.82, 2.24) is 5.32 Å². The number of fused-ring (bicyclic) bond motifs is 1. The first-order valence-electron chi connectivity index (χ1n) is 5.98. The van der Waals surface area contributed by atoms with Crippen molar-refractivity contribution in [2.24, 2.45) is 0 Å². The summed E-state index contributed by atoms with van der Waals surface area (Å²) in [6.07, 6.45) is 0.413. The summed E-state index contributed by atoms with van der Waals surface area (Å²) in [6.45, 7) is 1.78. The van der Waals surface area contributed by atoms with Crippen LogP contribution in [0.4, 0.5) is 0 Å². The SMILES string of the molecule is CC#CC(=O)NC(CCO)c1ccc2c(c1)OCO2. The fraction of sp³-hybridized carbons (Fsp3) is 0.357. The zero-order chi connectivity index (χ0) is 13.7. The van der Waals surface area contributed by atoms with Crippen LogP contribution in [-0.2, 0) is 4.79 Å². The van der Waals surface area contributed by atoms with Crippen LogP contribution < -0.4 is 14.8 Å². The van der Waals surface area contributed by atoms with E-state index in [1.165, 1.54) is 0 Å². The second-order valence-electron chi connectivity index (χ2n) is 4.03. The lowest BCUT2D eigenvalue weighted by Crippen LogP contribution is -2.28. The Kier molecular flexibility index (Phi) is 4.26. The average molecular weight is 261 g/mol. The number of amides is 1. The second-order valence-corrected chi connectivity index (χ2v) is 4.03. The number of carbonyl (C=O) groups is 1. The molecule has 2 N–H and O–H groups in total. The number of aliphatic hydroxyl groups excluding tert-OH is 1. The Hall–Kier alpha value is -2.19. The molecule has 0 aliphatic carbocycles. The molecule has 0 aromatic heterocycles. The van der Waals surface area contributed by atoms with Gasteiger partial charge < -0.3 is 19.9 Å². The topological polar surface area (TPSA) is 67.8 Å². The molecule has 0 fully saturated rings. The van der Waals surface area contributed by atoms with Gasteiger partial charge in [0.2, 0.25) is 6.79 Å². The maximum absolute atomic E-state index is 11.5. The minimum atomic E-state index is -0.362. The van der Waals surface area contributed by atoms with E-state index in [0.717, 1.165) is 5.56 Å². The number of ether oxygens (including phenoxy) is 2. The first kappa shape index (κ1) is 13.2. The molecule has 1 aromatic rings. The highest BCUT2D eigenvalue weighted by atomic mass is 16.7. The van der Waals surface area contributed by atoms with Crippen LogP contribution in [0.5, 0.6) is 11.5 Å². The summed E-state index contributed by atoms with van der Waals surface area (Å²) in [5.74, 6) is 5.93. The normalized spacial score (nSPS) is 13.4. The van der Waals surface area contributed by atoms with Gasteiger partial charge in [-0.2, -0.15) is 0 Å². The van der Waals surface area contributed by atoms with Crippen LogP contribution >= 0.6 is 0 Å². The van der Waals surface area contributed by atoms with Crippen molar-refractivity contribution in [1.29, 1.82) is 0 Å². The van der Waals surface area contributed by atoms with Crippen LogP contribution in [0, 0.1) is 11.8 Å². The Morgan fingerprint density at radius 3 is 3.00 bits per heavy atom. The van der Waals surface area contributed by atoms with Gasteiger partial charge in [-0.05, 0) is 37.0 Å². The molecule has 1 aromatic carbocycles. The molecule has 1 unspecified atom stereocenters. The fourth-order valence-electron chi connectivity index (χ4n) is 1.89. The molecule has 1 atom stereocenters. The molecule has 1 heterocycles. The average Bonchev–Trinajstić information content (AvgIpc) is 2.85. The number of aliphatic hydroxyl groups is 1. The standard InChI is InChI=1S/C14H15NO4/c1-2-3-14(17)15-11(6-7-16)10-4-5-12-13(8-10)19-9-18-12/h4-5,8,11,16H,6-7,9H2,1H3,(H,15,17). The van der Waals surface area contributed by atoms with Crippen LogP contribution in [0.3, 0.4) is 0 Å². The van der Waals surface area contributed by atoms with Crippen molar-refractivity contribution >= 4 is 5.91 Å². The number of hydrogen-bond acceptors (Lipinski definition) is 4. The molecular formula is C14H15NO4. The van der Waals surface area contributed by atoms with Crippen molar-refractivity contribution < 1.29 is 19.4 Å². The molecule has 19 heavy (non-hydrogen) atoms. The highest BCUT2D eigenvalue weighted by molar-refractivity contribution is 5.93. The van der Waals surface area contributed by atoms with Gasteiger partial charge in [-0.1, -0.05) is 12.0 Å². The Morgan fingerprint density at radius 1 is 1.47 bits per heavy atom. The van der Waals surface area contributed by atoms with Gasteiger partial charge in [-0.25, -0.2) is 0 Å². The zero-order valence-corrected chi connectivity index (χ0v) is 10.6. The molecule has 0 saturated carbocycles. The van der Waals surface area contributed by atoms with Crippen LogP contribution in [0.1, 0.15) is 24.9 Å². The van der Waals surface area contributed by atoms with Crippen LogP contribution in [0.15, 0.2) is 18.2 Å². The molecule has 100 valence electrons. The van der Waals surface area contributed by atoms with Crippen molar-refractivity contribution in [3.05, 3.63) is 23.8 Å². The summed E-state index contributed by atoms with van der Waals surface area (Å²) >= 11 is 0. The Labute approximate surface area is 111 Å². The van der Waals surface area contributed by atoms with E-state index in [4.69, 9.17) is 14.6 Å². The molecule has 0 radical (unpaired) electrons. The molecule has 1 aliphatic heterocycles. The van der Waals surface area contributed by atoms with E-state index >= 15 is 0 Å². The monoisotopic (exact) mass is 261 g/mol. The highest BCUT2D eigenvalue weighted by Gasteiger charge is 2.18. The van der Waals surface area contributed by atoms with Gasteiger partial charge in [0.1, 0.15) is 0 Å². The summed E-state index contributed by atoms with van der Waals surface area (Å²) < 4.78 is 10.5. The summed E-state index contributed by atoms with van der Waals surface area (Å²) in [5, 5.41) is 11.8. The van der Waals surface area contributed by atoms with Gasteiger partial charge >= 0.3 is 0 Å². The van der Waals surface area contributed by atoms with Gasteiger partial charge in [0.25, 0.3) is 5.91 Å². The molecule has 0 spiro atoms. The van der Waals surface area contributed by atoms with E-state index in [0.29, 0.717) is 17.9 Å². The minimum Gasteiger partial charge on any atom is -0.454 e. The maximum atomic E-state index is 11.5. The quantitative estimate of drug-likeness (QED) is 0.793.